The third-order valence-electron chi connectivity index (χ3n) is 5.36. The van der Waals surface area contributed by atoms with Crippen LogP contribution in [-0.4, -0.2) is 76.6 Å². The molecule has 0 bridgehead atoms. The van der Waals surface area contributed by atoms with Crippen LogP contribution in [0.4, 0.5) is 18.9 Å². The second-order valence-corrected chi connectivity index (χ2v) is 7.80. The molecule has 0 radical (unpaired) electrons. The molecule has 0 spiro atoms. The number of carbonyl (C=O) groups is 2. The molecule has 1 fully saturated rings. The fourth-order valence-corrected chi connectivity index (χ4v) is 3.44. The summed E-state index contributed by atoms with van der Waals surface area (Å²) in [6.45, 7) is 3.56. The smallest absolute Gasteiger partial charge is 0.432 e. The first-order valence-corrected chi connectivity index (χ1v) is 10.9. The van der Waals surface area contributed by atoms with Gasteiger partial charge < -0.3 is 24.5 Å². The molecule has 2 N–H and O–H groups in total. The van der Waals surface area contributed by atoms with E-state index in [1.165, 1.54) is 24.6 Å². The third kappa shape index (κ3) is 6.42. The monoisotopic (exact) mass is 502 g/mol. The van der Waals surface area contributed by atoms with Crippen molar-refractivity contribution in [1.82, 2.24) is 24.9 Å². The van der Waals surface area contributed by atoms with Crippen molar-refractivity contribution in [1.29, 1.82) is 0 Å². The number of nitrogens with zero attached hydrogens (tertiary/aromatic N) is 4. The summed E-state index contributed by atoms with van der Waals surface area (Å²) < 4.78 is 49.4. The zero-order valence-electron chi connectivity index (χ0n) is 18.8. The van der Waals surface area contributed by atoms with Crippen LogP contribution in [0.5, 0.6) is 5.75 Å². The molecule has 1 aliphatic heterocycles. The summed E-state index contributed by atoms with van der Waals surface area (Å²) in [5.41, 5.74) is -0.0593. The molecule has 3 heterocycles. The normalized spacial score (nSPS) is 14.1. The molecule has 0 unspecified atom stereocenters. The summed E-state index contributed by atoms with van der Waals surface area (Å²) >= 11 is 0. The van der Waals surface area contributed by atoms with Gasteiger partial charge in [-0.15, -0.1) is 0 Å². The maximum absolute atomic E-state index is 13.0. The number of rotatable bonds is 7. The average Bonchev–Trinajstić information content (AvgIpc) is 3.56. The largest absolute Gasteiger partial charge is 0.490 e. The molecular weight excluding hydrogens is 481 g/mol. The topological polar surface area (TPSA) is 117 Å². The maximum Gasteiger partial charge on any atom is 0.432 e. The molecule has 1 saturated heterocycles. The van der Waals surface area contributed by atoms with Crippen LogP contribution in [-0.2, 0) is 15.8 Å². The lowest BCUT2D eigenvalue weighted by Gasteiger charge is -2.32. The number of imidazole rings is 1. The Morgan fingerprint density at radius 1 is 1.25 bits per heavy atom. The van der Waals surface area contributed by atoms with Crippen molar-refractivity contribution in [3.63, 3.8) is 0 Å². The first-order valence-electron chi connectivity index (χ1n) is 10.9. The number of nitrogens with one attached hydrogen (secondary N) is 2. The van der Waals surface area contributed by atoms with Gasteiger partial charge in [0.2, 0.25) is 6.41 Å². The van der Waals surface area contributed by atoms with E-state index < -0.39 is 17.8 Å². The second kappa shape index (κ2) is 11.0. The number of H-pyrrole nitrogens is 1. The van der Waals surface area contributed by atoms with Gasteiger partial charge in [-0.25, -0.2) is 4.98 Å². The predicted octanol–water partition coefficient (Wildman–Crippen LogP) is 2.23. The summed E-state index contributed by atoms with van der Waals surface area (Å²) in [5, 5.41) is 6.11. The molecule has 0 aliphatic carbocycles. The quantitative estimate of drug-likeness (QED) is 0.376. The highest BCUT2D eigenvalue weighted by molar-refractivity contribution is 6.05. The van der Waals surface area contributed by atoms with Crippen molar-refractivity contribution in [2.75, 3.05) is 44.6 Å². The standard InChI is InChI=1S/C23H21F3N6O4/c24-23(25,26)20-13-27-22(30-20)17-2-3-19(35-10-9-31-5-7-32(15-33)8-6-31)18(11-17)29-21(34)4-1-16-12-28-36-14-16/h2-3,11-15H,5-10H2,(H,27,30)(H,29,34). The number of hydrogen-bond acceptors (Lipinski definition) is 7. The summed E-state index contributed by atoms with van der Waals surface area (Å²) in [6, 6.07) is 4.53. The van der Waals surface area contributed by atoms with Crippen LogP contribution in [0.2, 0.25) is 0 Å². The number of hydrogen-bond donors (Lipinski definition) is 2. The lowest BCUT2D eigenvalue weighted by molar-refractivity contribution is -0.140. The lowest BCUT2D eigenvalue weighted by Crippen LogP contribution is -2.46. The van der Waals surface area contributed by atoms with Crippen molar-refractivity contribution in [3.8, 4) is 29.0 Å². The van der Waals surface area contributed by atoms with Gasteiger partial charge >= 0.3 is 12.1 Å². The van der Waals surface area contributed by atoms with Crippen LogP contribution in [0.3, 0.4) is 0 Å². The van der Waals surface area contributed by atoms with Crippen LogP contribution < -0.4 is 10.1 Å². The molecule has 0 saturated carbocycles. The van der Waals surface area contributed by atoms with Crippen LogP contribution >= 0.6 is 0 Å². The minimum absolute atomic E-state index is 0.0204. The number of halogens is 3. The van der Waals surface area contributed by atoms with Crippen LogP contribution in [0.15, 0.2) is 41.4 Å². The molecule has 2 amide bonds. The van der Waals surface area contributed by atoms with Gasteiger partial charge in [-0.1, -0.05) is 11.1 Å². The van der Waals surface area contributed by atoms with Gasteiger partial charge in [0.05, 0.1) is 23.6 Å². The number of carbonyl (C=O) groups excluding carboxylic acids is 2. The third-order valence-corrected chi connectivity index (χ3v) is 5.36. The first kappa shape index (κ1) is 24.8. The van der Waals surface area contributed by atoms with Gasteiger partial charge in [-0.3, -0.25) is 14.5 Å². The Kier molecular flexibility index (Phi) is 7.55. The van der Waals surface area contributed by atoms with Gasteiger partial charge in [-0.2, -0.15) is 13.2 Å². The number of anilines is 1. The Labute approximate surface area is 203 Å². The number of piperazine rings is 1. The molecule has 13 heteroatoms. The summed E-state index contributed by atoms with van der Waals surface area (Å²) in [7, 11) is 0. The summed E-state index contributed by atoms with van der Waals surface area (Å²) in [4.78, 5) is 33.1. The second-order valence-electron chi connectivity index (χ2n) is 7.80. The predicted molar refractivity (Wildman–Crippen MR) is 121 cm³/mol. The number of amides is 2. The van der Waals surface area contributed by atoms with Crippen molar-refractivity contribution >= 4 is 18.0 Å². The Balaban J connectivity index is 1.49. The highest BCUT2D eigenvalue weighted by Gasteiger charge is 2.33. The Hall–Kier alpha value is -4.31. The van der Waals surface area contributed by atoms with Gasteiger partial charge in [0.25, 0.3) is 0 Å². The molecule has 2 aromatic heterocycles. The molecule has 188 valence electrons. The number of benzene rings is 1. The Bertz CT molecular complexity index is 1250. The van der Waals surface area contributed by atoms with Crippen molar-refractivity contribution < 1.29 is 32.0 Å². The van der Waals surface area contributed by atoms with E-state index in [2.05, 4.69) is 41.7 Å². The lowest BCUT2D eigenvalue weighted by atomic mass is 10.1. The maximum atomic E-state index is 13.0. The fourth-order valence-electron chi connectivity index (χ4n) is 3.44. The highest BCUT2D eigenvalue weighted by atomic mass is 19.4. The van der Waals surface area contributed by atoms with E-state index in [0.29, 0.717) is 55.8 Å². The minimum Gasteiger partial charge on any atom is -0.490 e. The van der Waals surface area contributed by atoms with E-state index in [4.69, 9.17) is 4.74 Å². The number of aromatic nitrogens is 3. The van der Waals surface area contributed by atoms with Gasteiger partial charge in [0.1, 0.15) is 30.1 Å². The Morgan fingerprint density at radius 2 is 2.06 bits per heavy atom. The van der Waals surface area contributed by atoms with Crippen LogP contribution in [0, 0.1) is 11.8 Å². The number of ether oxygens (including phenoxy) is 1. The highest BCUT2D eigenvalue weighted by Crippen LogP contribution is 2.32. The molecule has 4 rings (SSSR count). The van der Waals surface area contributed by atoms with E-state index in [0.717, 1.165) is 6.41 Å². The summed E-state index contributed by atoms with van der Waals surface area (Å²) in [6.07, 6.45) is -0.418. The Morgan fingerprint density at radius 3 is 2.72 bits per heavy atom. The van der Waals surface area contributed by atoms with E-state index in [1.807, 2.05) is 0 Å². The minimum atomic E-state index is -4.57. The summed E-state index contributed by atoms with van der Waals surface area (Å²) in [5.74, 6) is 4.60. The molecule has 1 aliphatic rings. The average molecular weight is 502 g/mol. The van der Waals surface area contributed by atoms with E-state index in [9.17, 15) is 22.8 Å². The molecule has 36 heavy (non-hydrogen) atoms. The zero-order valence-corrected chi connectivity index (χ0v) is 18.8. The fraction of sp³-hybridized carbons (Fsp3) is 0.304. The van der Waals surface area contributed by atoms with Gasteiger partial charge in [0.15, 0.2) is 0 Å². The SMILES string of the molecule is O=CN1CCN(CCOc2ccc(-c3ncc(C(F)(F)F)[nH]3)cc2NC(=O)C#Cc2cnoc2)CC1. The van der Waals surface area contributed by atoms with Gasteiger partial charge in [-0.05, 0) is 18.2 Å². The number of alkyl halides is 3. The zero-order chi connectivity index (χ0) is 25.5. The van der Waals surface area contributed by atoms with Crippen LogP contribution in [0.25, 0.3) is 11.4 Å². The molecule has 1 aromatic carbocycles. The molecule has 0 atom stereocenters. The molecule has 3 aromatic rings. The first-order chi connectivity index (χ1) is 17.3. The molecule has 10 nitrogen and oxygen atoms in total. The van der Waals surface area contributed by atoms with Gasteiger partial charge in [0, 0.05) is 44.2 Å². The number of aromatic amines is 1. The molecular formula is C23H21F3N6O4. The van der Waals surface area contributed by atoms with Crippen molar-refractivity contribution in [3.05, 3.63) is 48.1 Å². The van der Waals surface area contributed by atoms with Crippen molar-refractivity contribution in [2.45, 2.75) is 6.18 Å². The van der Waals surface area contributed by atoms with Crippen LogP contribution in [0.1, 0.15) is 11.3 Å². The van der Waals surface area contributed by atoms with E-state index in [-0.39, 0.29) is 18.1 Å². The van der Waals surface area contributed by atoms with E-state index >= 15 is 0 Å². The van der Waals surface area contributed by atoms with Crippen molar-refractivity contribution in [2.24, 2.45) is 0 Å². The van der Waals surface area contributed by atoms with E-state index in [1.54, 1.807) is 11.0 Å².